The van der Waals surface area contributed by atoms with Crippen LogP contribution in [0, 0.1) is 0 Å². The lowest BCUT2D eigenvalue weighted by Gasteiger charge is -2.40. The third-order valence-electron chi connectivity index (χ3n) is 5.95. The Morgan fingerprint density at radius 2 is 1.50 bits per heavy atom. The van der Waals surface area contributed by atoms with Gasteiger partial charge in [-0.2, -0.15) is 0 Å². The second-order valence-corrected chi connectivity index (χ2v) is 7.85. The highest BCUT2D eigenvalue weighted by Crippen LogP contribution is 2.19. The van der Waals surface area contributed by atoms with Crippen molar-refractivity contribution in [1.29, 1.82) is 0 Å². The molecule has 2 heterocycles. The fourth-order valence-corrected chi connectivity index (χ4v) is 3.96. The van der Waals surface area contributed by atoms with Crippen molar-refractivity contribution in [3.8, 4) is 0 Å². The number of piperidine rings is 2. The lowest BCUT2D eigenvalue weighted by atomic mass is 10.0. The Morgan fingerprint density at radius 1 is 0.955 bits per heavy atom. The highest BCUT2D eigenvalue weighted by molar-refractivity contribution is 4.82. The van der Waals surface area contributed by atoms with Crippen LogP contribution < -0.4 is 5.73 Å². The quantitative estimate of drug-likeness (QED) is 0.814. The van der Waals surface area contributed by atoms with E-state index in [4.69, 9.17) is 5.73 Å². The van der Waals surface area contributed by atoms with E-state index in [1.54, 1.807) is 0 Å². The minimum absolute atomic E-state index is 0.442. The molecule has 2 rings (SSSR count). The summed E-state index contributed by atoms with van der Waals surface area (Å²) in [5.41, 5.74) is 6.01. The summed E-state index contributed by atoms with van der Waals surface area (Å²) in [5, 5.41) is 0. The second kappa shape index (κ2) is 8.62. The summed E-state index contributed by atoms with van der Waals surface area (Å²) in [6.07, 6.45) is 6.31. The van der Waals surface area contributed by atoms with Crippen molar-refractivity contribution in [2.24, 2.45) is 5.73 Å². The first-order chi connectivity index (χ1) is 10.5. The number of hydrogen-bond donors (Lipinski definition) is 1. The molecular weight excluding hydrogens is 272 g/mol. The molecule has 0 bridgehead atoms. The summed E-state index contributed by atoms with van der Waals surface area (Å²) >= 11 is 0. The maximum atomic E-state index is 6.01. The van der Waals surface area contributed by atoms with E-state index in [0.29, 0.717) is 18.1 Å². The zero-order valence-electron chi connectivity index (χ0n) is 15.3. The Kier molecular flexibility index (Phi) is 7.13. The monoisotopic (exact) mass is 310 g/mol. The molecule has 2 aliphatic rings. The molecule has 1 atom stereocenters. The van der Waals surface area contributed by atoms with Crippen LogP contribution >= 0.6 is 0 Å². The fraction of sp³-hybridized carbons (Fsp3) is 1.00. The molecule has 0 spiro atoms. The van der Waals surface area contributed by atoms with Crippen LogP contribution in [0.3, 0.4) is 0 Å². The van der Waals surface area contributed by atoms with Gasteiger partial charge in [0.15, 0.2) is 0 Å². The van der Waals surface area contributed by atoms with Crippen molar-refractivity contribution in [2.45, 2.75) is 77.0 Å². The Bertz CT molecular complexity index is 304. The van der Waals surface area contributed by atoms with E-state index >= 15 is 0 Å². The summed E-state index contributed by atoms with van der Waals surface area (Å²) in [6, 6.07) is 2.64. The van der Waals surface area contributed by atoms with Crippen molar-refractivity contribution >= 4 is 0 Å². The summed E-state index contributed by atoms with van der Waals surface area (Å²) in [6.45, 7) is 13.2. The molecule has 0 aromatic carbocycles. The van der Waals surface area contributed by atoms with E-state index in [9.17, 15) is 0 Å². The topological polar surface area (TPSA) is 35.7 Å². The van der Waals surface area contributed by atoms with Crippen molar-refractivity contribution < 1.29 is 0 Å². The molecule has 2 aliphatic heterocycles. The molecule has 2 fully saturated rings. The van der Waals surface area contributed by atoms with Gasteiger partial charge < -0.3 is 20.4 Å². The van der Waals surface area contributed by atoms with Gasteiger partial charge in [0.2, 0.25) is 0 Å². The third kappa shape index (κ3) is 5.19. The van der Waals surface area contributed by atoms with Gasteiger partial charge in [-0.1, -0.05) is 0 Å². The SMILES string of the molecule is CC(C)N1CCC(N(C)CCC(C)N2CCC(N)CC2)CC1. The number of nitrogens with zero attached hydrogens (tertiary/aromatic N) is 3. The lowest BCUT2D eigenvalue weighted by Crippen LogP contribution is -2.47. The molecule has 130 valence electrons. The Hall–Kier alpha value is -0.160. The zero-order chi connectivity index (χ0) is 16.1. The van der Waals surface area contributed by atoms with Crippen LogP contribution in [0.4, 0.5) is 0 Å². The van der Waals surface area contributed by atoms with Gasteiger partial charge in [-0.05, 0) is 92.6 Å². The smallest absolute Gasteiger partial charge is 0.0117 e. The number of hydrogen-bond acceptors (Lipinski definition) is 4. The van der Waals surface area contributed by atoms with E-state index in [1.807, 2.05) is 0 Å². The molecule has 2 N–H and O–H groups in total. The van der Waals surface area contributed by atoms with E-state index in [0.717, 1.165) is 6.04 Å². The first-order valence-corrected chi connectivity index (χ1v) is 9.41. The highest BCUT2D eigenvalue weighted by Gasteiger charge is 2.25. The van der Waals surface area contributed by atoms with Gasteiger partial charge in [0.25, 0.3) is 0 Å². The zero-order valence-corrected chi connectivity index (χ0v) is 15.3. The molecule has 22 heavy (non-hydrogen) atoms. The van der Waals surface area contributed by atoms with Crippen LogP contribution in [-0.4, -0.2) is 78.6 Å². The van der Waals surface area contributed by atoms with Gasteiger partial charge in [-0.3, -0.25) is 0 Å². The molecule has 0 amide bonds. The van der Waals surface area contributed by atoms with Gasteiger partial charge in [0.1, 0.15) is 0 Å². The predicted molar refractivity (Wildman–Crippen MR) is 95.2 cm³/mol. The second-order valence-electron chi connectivity index (χ2n) is 7.85. The van der Waals surface area contributed by atoms with Gasteiger partial charge in [0, 0.05) is 24.2 Å². The van der Waals surface area contributed by atoms with Crippen molar-refractivity contribution in [3.63, 3.8) is 0 Å². The minimum atomic E-state index is 0.442. The summed E-state index contributed by atoms with van der Waals surface area (Å²) in [5.74, 6) is 0. The van der Waals surface area contributed by atoms with E-state index < -0.39 is 0 Å². The van der Waals surface area contributed by atoms with E-state index in [-0.39, 0.29) is 0 Å². The maximum Gasteiger partial charge on any atom is 0.0117 e. The molecule has 0 saturated carbocycles. The first kappa shape index (κ1) is 18.2. The minimum Gasteiger partial charge on any atom is -0.328 e. The summed E-state index contributed by atoms with van der Waals surface area (Å²) in [4.78, 5) is 7.87. The van der Waals surface area contributed by atoms with Crippen LogP contribution in [0.2, 0.25) is 0 Å². The predicted octanol–water partition coefficient (Wildman–Crippen LogP) is 1.99. The van der Waals surface area contributed by atoms with E-state index in [2.05, 4.69) is 42.5 Å². The number of rotatable bonds is 6. The fourth-order valence-electron chi connectivity index (χ4n) is 3.96. The van der Waals surface area contributed by atoms with Crippen molar-refractivity contribution in [3.05, 3.63) is 0 Å². The average molecular weight is 311 g/mol. The van der Waals surface area contributed by atoms with Gasteiger partial charge in [-0.25, -0.2) is 0 Å². The van der Waals surface area contributed by atoms with Crippen LogP contribution in [0.1, 0.15) is 52.9 Å². The maximum absolute atomic E-state index is 6.01. The van der Waals surface area contributed by atoms with Crippen LogP contribution in [0.15, 0.2) is 0 Å². The van der Waals surface area contributed by atoms with Crippen molar-refractivity contribution in [2.75, 3.05) is 39.8 Å². The van der Waals surface area contributed by atoms with Gasteiger partial charge in [0.05, 0.1) is 0 Å². The summed E-state index contributed by atoms with van der Waals surface area (Å²) in [7, 11) is 2.33. The largest absolute Gasteiger partial charge is 0.328 e. The molecule has 0 radical (unpaired) electrons. The number of nitrogens with two attached hydrogens (primary N) is 1. The van der Waals surface area contributed by atoms with Gasteiger partial charge >= 0.3 is 0 Å². The molecule has 1 unspecified atom stereocenters. The molecule has 0 aromatic heterocycles. The molecule has 0 aliphatic carbocycles. The van der Waals surface area contributed by atoms with Crippen LogP contribution in [0.5, 0.6) is 0 Å². The number of likely N-dealkylation sites (tertiary alicyclic amines) is 2. The average Bonchev–Trinajstić information content (AvgIpc) is 2.53. The third-order valence-corrected chi connectivity index (χ3v) is 5.95. The van der Waals surface area contributed by atoms with Gasteiger partial charge in [-0.15, -0.1) is 0 Å². The molecular formula is C18H38N4. The first-order valence-electron chi connectivity index (χ1n) is 9.41. The van der Waals surface area contributed by atoms with E-state index in [1.165, 1.54) is 64.8 Å². The molecule has 2 saturated heterocycles. The normalized spacial score (nSPS) is 25.2. The molecule has 4 heteroatoms. The molecule has 4 nitrogen and oxygen atoms in total. The molecule has 0 aromatic rings. The van der Waals surface area contributed by atoms with Crippen LogP contribution in [-0.2, 0) is 0 Å². The standard InChI is InChI=1S/C18H38N4/c1-15(2)21-13-8-18(9-14-21)20(4)10-5-16(3)22-11-6-17(19)7-12-22/h15-18H,5-14,19H2,1-4H3. The Labute approximate surface area is 138 Å². The van der Waals surface area contributed by atoms with Crippen molar-refractivity contribution in [1.82, 2.24) is 14.7 Å². The Balaban J connectivity index is 1.66. The Morgan fingerprint density at radius 3 is 2.05 bits per heavy atom. The highest BCUT2D eigenvalue weighted by atomic mass is 15.2. The lowest BCUT2D eigenvalue weighted by molar-refractivity contribution is 0.0949. The van der Waals surface area contributed by atoms with Crippen LogP contribution in [0.25, 0.3) is 0 Å². The summed E-state index contributed by atoms with van der Waals surface area (Å²) < 4.78 is 0.